The molecule has 3 rings (SSSR count). The van der Waals surface area contributed by atoms with E-state index < -0.39 is 0 Å². The molecule has 0 aliphatic carbocycles. The van der Waals surface area contributed by atoms with Crippen LogP contribution in [0.4, 0.5) is 0 Å². The second-order valence-corrected chi connectivity index (χ2v) is 6.07. The largest absolute Gasteiger partial charge is 0.379 e. The molecule has 0 bridgehead atoms. The maximum absolute atomic E-state index is 12.4. The van der Waals surface area contributed by atoms with Crippen LogP contribution in [0.2, 0.25) is 0 Å². The summed E-state index contributed by atoms with van der Waals surface area (Å²) in [6, 6.07) is 0.0425. The minimum atomic E-state index is -0.0949. The molecule has 1 aliphatic heterocycles. The van der Waals surface area contributed by atoms with E-state index in [0.29, 0.717) is 32.1 Å². The molecule has 1 atom stereocenters. The Hall–Kier alpha value is -2.33. The number of aromatic nitrogens is 6. The van der Waals surface area contributed by atoms with Crippen LogP contribution < -0.4 is 5.32 Å². The molecule has 0 spiro atoms. The number of morpholine rings is 1. The standard InChI is InChI=1S/C15H24N8O2/c1-2-13(9-22-4-3-16-12-22)17-15(24)11-23-14(18-19-20-23)10-21-5-7-25-8-6-21/h3-4,12-13H,2,5-11H2,1H3,(H,17,24)/t13-/m1/s1. The first-order valence-corrected chi connectivity index (χ1v) is 8.55. The van der Waals surface area contributed by atoms with E-state index in [0.717, 1.165) is 19.5 Å². The summed E-state index contributed by atoms with van der Waals surface area (Å²) in [5.74, 6) is 0.599. The predicted molar refractivity (Wildman–Crippen MR) is 88.4 cm³/mol. The van der Waals surface area contributed by atoms with Gasteiger partial charge in [-0.1, -0.05) is 6.92 Å². The van der Waals surface area contributed by atoms with Gasteiger partial charge in [-0.25, -0.2) is 9.67 Å². The minimum absolute atomic E-state index is 0.0425. The minimum Gasteiger partial charge on any atom is -0.379 e. The molecule has 0 aromatic carbocycles. The second kappa shape index (κ2) is 8.67. The number of nitrogens with one attached hydrogen (secondary N) is 1. The number of hydrogen-bond acceptors (Lipinski definition) is 7. The van der Waals surface area contributed by atoms with Gasteiger partial charge in [0.05, 0.1) is 26.1 Å². The van der Waals surface area contributed by atoms with E-state index in [-0.39, 0.29) is 18.5 Å². The van der Waals surface area contributed by atoms with Crippen molar-refractivity contribution in [3.63, 3.8) is 0 Å². The van der Waals surface area contributed by atoms with Gasteiger partial charge in [0.25, 0.3) is 0 Å². The van der Waals surface area contributed by atoms with Gasteiger partial charge in [-0.3, -0.25) is 9.69 Å². The lowest BCUT2D eigenvalue weighted by molar-refractivity contribution is -0.122. The van der Waals surface area contributed by atoms with Crippen LogP contribution in [-0.2, 0) is 29.2 Å². The summed E-state index contributed by atoms with van der Waals surface area (Å²) in [6.45, 7) is 6.61. The zero-order valence-electron chi connectivity index (χ0n) is 14.4. The number of imidazole rings is 1. The van der Waals surface area contributed by atoms with Crippen molar-refractivity contribution >= 4 is 5.91 Å². The Morgan fingerprint density at radius 3 is 2.96 bits per heavy atom. The van der Waals surface area contributed by atoms with Crippen molar-refractivity contribution in [3.05, 3.63) is 24.5 Å². The van der Waals surface area contributed by atoms with E-state index in [2.05, 4.69) is 30.7 Å². The Balaban J connectivity index is 1.52. The fourth-order valence-electron chi connectivity index (χ4n) is 2.75. The van der Waals surface area contributed by atoms with Crippen LogP contribution in [0.25, 0.3) is 0 Å². The highest BCUT2D eigenvalue weighted by Gasteiger charge is 2.18. The highest BCUT2D eigenvalue weighted by Crippen LogP contribution is 2.04. The Kier molecular flexibility index (Phi) is 6.07. The van der Waals surface area contributed by atoms with Crippen molar-refractivity contribution in [3.8, 4) is 0 Å². The first-order valence-electron chi connectivity index (χ1n) is 8.55. The molecule has 3 heterocycles. The Labute approximate surface area is 146 Å². The highest BCUT2D eigenvalue weighted by atomic mass is 16.5. The maximum atomic E-state index is 12.4. The van der Waals surface area contributed by atoms with Crippen LogP contribution in [0.15, 0.2) is 18.7 Å². The summed E-state index contributed by atoms with van der Waals surface area (Å²) >= 11 is 0. The molecule has 2 aromatic heterocycles. The van der Waals surface area contributed by atoms with E-state index in [4.69, 9.17) is 4.74 Å². The molecule has 1 N–H and O–H groups in total. The summed E-state index contributed by atoms with van der Waals surface area (Å²) in [5, 5.41) is 14.8. The summed E-state index contributed by atoms with van der Waals surface area (Å²) in [6.07, 6.45) is 6.20. The van der Waals surface area contributed by atoms with Gasteiger partial charge in [-0.05, 0) is 16.8 Å². The van der Waals surface area contributed by atoms with Gasteiger partial charge in [0.15, 0.2) is 5.82 Å². The van der Waals surface area contributed by atoms with Crippen LogP contribution >= 0.6 is 0 Å². The van der Waals surface area contributed by atoms with Gasteiger partial charge in [-0.2, -0.15) is 0 Å². The fraction of sp³-hybridized carbons (Fsp3) is 0.667. The molecule has 0 unspecified atom stereocenters. The number of amides is 1. The zero-order valence-corrected chi connectivity index (χ0v) is 14.4. The molecule has 136 valence electrons. The third-order valence-corrected chi connectivity index (χ3v) is 4.22. The first kappa shape index (κ1) is 17.5. The molecular weight excluding hydrogens is 324 g/mol. The number of carbonyl (C=O) groups is 1. The van der Waals surface area contributed by atoms with Crippen molar-refractivity contribution in [1.29, 1.82) is 0 Å². The van der Waals surface area contributed by atoms with E-state index in [9.17, 15) is 4.79 Å². The molecule has 0 radical (unpaired) electrons. The monoisotopic (exact) mass is 348 g/mol. The van der Waals surface area contributed by atoms with E-state index in [1.807, 2.05) is 17.7 Å². The van der Waals surface area contributed by atoms with Crippen LogP contribution in [0, 0.1) is 0 Å². The molecule has 2 aromatic rings. The van der Waals surface area contributed by atoms with Crippen molar-refractivity contribution in [1.82, 2.24) is 40.0 Å². The average molecular weight is 348 g/mol. The zero-order chi connectivity index (χ0) is 17.5. The average Bonchev–Trinajstić information content (AvgIpc) is 3.28. The van der Waals surface area contributed by atoms with Gasteiger partial charge < -0.3 is 14.6 Å². The number of ether oxygens (including phenoxy) is 1. The quantitative estimate of drug-likeness (QED) is 0.672. The van der Waals surface area contributed by atoms with Gasteiger partial charge in [0.2, 0.25) is 5.91 Å². The van der Waals surface area contributed by atoms with Crippen molar-refractivity contribution < 1.29 is 9.53 Å². The number of carbonyl (C=O) groups excluding carboxylic acids is 1. The number of tetrazole rings is 1. The highest BCUT2D eigenvalue weighted by molar-refractivity contribution is 5.75. The normalized spacial score (nSPS) is 16.7. The van der Waals surface area contributed by atoms with Crippen LogP contribution in [0.5, 0.6) is 0 Å². The molecule has 1 saturated heterocycles. The predicted octanol–water partition coefficient (Wildman–Crippen LogP) is -0.703. The Morgan fingerprint density at radius 2 is 2.24 bits per heavy atom. The maximum Gasteiger partial charge on any atom is 0.242 e. The van der Waals surface area contributed by atoms with Crippen molar-refractivity contribution in [2.24, 2.45) is 0 Å². The van der Waals surface area contributed by atoms with E-state index in [1.165, 1.54) is 0 Å². The number of hydrogen-bond donors (Lipinski definition) is 1. The Bertz CT molecular complexity index is 650. The van der Waals surface area contributed by atoms with Crippen molar-refractivity contribution in [2.45, 2.75) is 39.0 Å². The lowest BCUT2D eigenvalue weighted by Crippen LogP contribution is -2.40. The van der Waals surface area contributed by atoms with Crippen LogP contribution in [0.3, 0.4) is 0 Å². The van der Waals surface area contributed by atoms with Gasteiger partial charge in [0, 0.05) is 38.1 Å². The topological polar surface area (TPSA) is 103 Å². The second-order valence-electron chi connectivity index (χ2n) is 6.07. The lowest BCUT2D eigenvalue weighted by atomic mass is 10.2. The summed E-state index contributed by atoms with van der Waals surface area (Å²) in [5.41, 5.74) is 0. The SMILES string of the molecule is CC[C@H](Cn1ccnc1)NC(=O)Cn1nnnc1CN1CCOCC1. The number of rotatable bonds is 8. The van der Waals surface area contributed by atoms with Crippen LogP contribution in [-0.4, -0.2) is 72.9 Å². The van der Waals surface area contributed by atoms with Gasteiger partial charge in [0.1, 0.15) is 6.54 Å². The molecule has 1 amide bonds. The molecule has 1 aliphatic rings. The van der Waals surface area contributed by atoms with Gasteiger partial charge in [-0.15, -0.1) is 5.10 Å². The van der Waals surface area contributed by atoms with E-state index >= 15 is 0 Å². The fourth-order valence-corrected chi connectivity index (χ4v) is 2.75. The molecule has 10 heteroatoms. The van der Waals surface area contributed by atoms with Gasteiger partial charge >= 0.3 is 0 Å². The number of nitrogens with zero attached hydrogens (tertiary/aromatic N) is 7. The third kappa shape index (κ3) is 5.07. The molecular formula is C15H24N8O2. The third-order valence-electron chi connectivity index (χ3n) is 4.22. The molecule has 0 saturated carbocycles. The summed E-state index contributed by atoms with van der Waals surface area (Å²) < 4.78 is 8.86. The lowest BCUT2D eigenvalue weighted by Gasteiger charge is -2.25. The van der Waals surface area contributed by atoms with Crippen molar-refractivity contribution in [2.75, 3.05) is 26.3 Å². The van der Waals surface area contributed by atoms with E-state index in [1.54, 1.807) is 17.2 Å². The Morgan fingerprint density at radius 1 is 1.40 bits per heavy atom. The molecule has 25 heavy (non-hydrogen) atoms. The van der Waals surface area contributed by atoms with Crippen LogP contribution in [0.1, 0.15) is 19.2 Å². The summed E-state index contributed by atoms with van der Waals surface area (Å²) in [7, 11) is 0. The molecule has 1 fully saturated rings. The summed E-state index contributed by atoms with van der Waals surface area (Å²) in [4.78, 5) is 18.6. The first-order chi connectivity index (χ1) is 12.2. The molecule has 10 nitrogen and oxygen atoms in total. The smallest absolute Gasteiger partial charge is 0.242 e.